The van der Waals surface area contributed by atoms with Crippen molar-refractivity contribution in [2.75, 3.05) is 13.1 Å². The standard InChI is InChI=1S/C13H21NO/c1-2-12(15)13-6-3-7-14(13)9-11(8-13)10-4-5-10/h12,15H,2-9H2,1H3/t12-,13?/m0/s1. The Kier molecular flexibility index (Phi) is 2.18. The Morgan fingerprint density at radius 3 is 2.87 bits per heavy atom. The Bertz CT molecular complexity index is 304. The van der Waals surface area contributed by atoms with E-state index in [9.17, 15) is 5.11 Å². The van der Waals surface area contributed by atoms with Gasteiger partial charge in [0, 0.05) is 6.54 Å². The molecule has 2 atom stereocenters. The molecule has 0 bridgehead atoms. The molecule has 3 fully saturated rings. The highest BCUT2D eigenvalue weighted by Gasteiger charge is 2.51. The lowest BCUT2D eigenvalue weighted by molar-refractivity contribution is 0.0146. The average Bonchev–Trinajstić information content (AvgIpc) is 2.90. The smallest absolute Gasteiger partial charge is 0.0724 e. The van der Waals surface area contributed by atoms with E-state index in [4.69, 9.17) is 0 Å². The van der Waals surface area contributed by atoms with Gasteiger partial charge in [0.2, 0.25) is 0 Å². The van der Waals surface area contributed by atoms with Gasteiger partial charge in [-0.3, -0.25) is 4.90 Å². The Morgan fingerprint density at radius 1 is 1.40 bits per heavy atom. The van der Waals surface area contributed by atoms with Crippen LogP contribution in [0.25, 0.3) is 0 Å². The van der Waals surface area contributed by atoms with E-state index in [0.29, 0.717) is 0 Å². The second kappa shape index (κ2) is 3.33. The normalized spacial score (nSPS) is 37.2. The Labute approximate surface area is 92.0 Å². The third-order valence-corrected chi connectivity index (χ3v) is 4.58. The van der Waals surface area contributed by atoms with E-state index in [-0.39, 0.29) is 11.6 Å². The second-order valence-electron chi connectivity index (χ2n) is 5.44. The van der Waals surface area contributed by atoms with Crippen molar-refractivity contribution in [1.29, 1.82) is 0 Å². The molecular weight excluding hydrogens is 186 g/mol. The minimum atomic E-state index is -0.114. The summed E-state index contributed by atoms with van der Waals surface area (Å²) in [5.41, 5.74) is 3.51. The SMILES string of the molecule is CC[C@H](O)C12CCCN1CC(=C1CC1)C2. The van der Waals surface area contributed by atoms with Gasteiger partial charge in [0.15, 0.2) is 0 Å². The predicted molar refractivity (Wildman–Crippen MR) is 60.7 cm³/mol. The van der Waals surface area contributed by atoms with Gasteiger partial charge in [-0.1, -0.05) is 18.1 Å². The fraction of sp³-hybridized carbons (Fsp3) is 0.846. The zero-order chi connectivity index (χ0) is 10.5. The molecule has 0 aromatic rings. The lowest BCUT2D eigenvalue weighted by Gasteiger charge is -2.36. The monoisotopic (exact) mass is 207 g/mol. The molecule has 0 radical (unpaired) electrons. The summed E-state index contributed by atoms with van der Waals surface area (Å²) in [6, 6.07) is 0. The summed E-state index contributed by atoms with van der Waals surface area (Å²) in [4.78, 5) is 2.56. The number of nitrogens with zero attached hydrogens (tertiary/aromatic N) is 1. The van der Waals surface area contributed by atoms with Gasteiger partial charge in [-0.15, -0.1) is 0 Å². The highest BCUT2D eigenvalue weighted by Crippen LogP contribution is 2.48. The zero-order valence-electron chi connectivity index (χ0n) is 9.63. The molecule has 0 aromatic carbocycles. The fourth-order valence-electron chi connectivity index (χ4n) is 3.58. The molecular formula is C13H21NO. The maximum atomic E-state index is 10.3. The minimum absolute atomic E-state index is 0.114. The number of allylic oxidation sites excluding steroid dienone is 1. The molecule has 0 spiro atoms. The van der Waals surface area contributed by atoms with E-state index in [0.717, 1.165) is 19.4 Å². The predicted octanol–water partition coefficient (Wildman–Crippen LogP) is 2.09. The third kappa shape index (κ3) is 1.38. The van der Waals surface area contributed by atoms with Gasteiger partial charge < -0.3 is 5.11 Å². The lowest BCUT2D eigenvalue weighted by Crippen LogP contribution is -2.48. The highest BCUT2D eigenvalue weighted by atomic mass is 16.3. The average molecular weight is 207 g/mol. The molecule has 0 aromatic heterocycles. The summed E-state index contributed by atoms with van der Waals surface area (Å²) in [5.74, 6) is 0. The third-order valence-electron chi connectivity index (χ3n) is 4.58. The first-order valence-corrected chi connectivity index (χ1v) is 6.39. The summed E-state index contributed by atoms with van der Waals surface area (Å²) in [6.07, 6.45) is 7.11. The second-order valence-corrected chi connectivity index (χ2v) is 5.44. The minimum Gasteiger partial charge on any atom is -0.391 e. The molecule has 2 saturated heterocycles. The summed E-state index contributed by atoms with van der Waals surface area (Å²) >= 11 is 0. The fourth-order valence-corrected chi connectivity index (χ4v) is 3.58. The summed E-state index contributed by atoms with van der Waals surface area (Å²) in [5, 5.41) is 10.3. The first kappa shape index (κ1) is 9.86. The Hall–Kier alpha value is -0.340. The number of fused-ring (bicyclic) bond motifs is 1. The van der Waals surface area contributed by atoms with Crippen molar-refractivity contribution in [2.24, 2.45) is 0 Å². The summed E-state index contributed by atoms with van der Waals surface area (Å²) in [7, 11) is 0. The van der Waals surface area contributed by atoms with Crippen LogP contribution in [0, 0.1) is 0 Å². The highest BCUT2D eigenvalue weighted by molar-refractivity contribution is 5.33. The van der Waals surface area contributed by atoms with E-state index < -0.39 is 0 Å². The lowest BCUT2D eigenvalue weighted by atomic mass is 9.85. The Morgan fingerprint density at radius 2 is 2.20 bits per heavy atom. The van der Waals surface area contributed by atoms with Crippen LogP contribution in [0.2, 0.25) is 0 Å². The Balaban J connectivity index is 1.88. The van der Waals surface area contributed by atoms with Gasteiger partial charge in [-0.2, -0.15) is 0 Å². The van der Waals surface area contributed by atoms with Crippen LogP contribution < -0.4 is 0 Å². The van der Waals surface area contributed by atoms with E-state index in [2.05, 4.69) is 11.8 Å². The van der Waals surface area contributed by atoms with Gasteiger partial charge in [0.25, 0.3) is 0 Å². The molecule has 1 N–H and O–H groups in total. The maximum absolute atomic E-state index is 10.3. The first-order valence-electron chi connectivity index (χ1n) is 6.39. The number of hydrogen-bond donors (Lipinski definition) is 1. The van der Waals surface area contributed by atoms with E-state index in [1.54, 1.807) is 11.1 Å². The first-order chi connectivity index (χ1) is 7.26. The molecule has 2 nitrogen and oxygen atoms in total. The van der Waals surface area contributed by atoms with E-state index in [1.807, 2.05) is 0 Å². The zero-order valence-corrected chi connectivity index (χ0v) is 9.63. The number of hydrogen-bond acceptors (Lipinski definition) is 2. The molecule has 2 aliphatic heterocycles. The van der Waals surface area contributed by atoms with Gasteiger partial charge in [0.1, 0.15) is 0 Å². The number of aliphatic hydroxyl groups is 1. The van der Waals surface area contributed by atoms with Crippen molar-refractivity contribution < 1.29 is 5.11 Å². The van der Waals surface area contributed by atoms with Crippen LogP contribution in [-0.4, -0.2) is 34.7 Å². The maximum Gasteiger partial charge on any atom is 0.0724 e. The van der Waals surface area contributed by atoms with Crippen molar-refractivity contribution in [3.63, 3.8) is 0 Å². The summed E-state index contributed by atoms with van der Waals surface area (Å²) in [6.45, 7) is 4.47. The molecule has 1 aliphatic carbocycles. The van der Waals surface area contributed by atoms with Crippen molar-refractivity contribution in [2.45, 2.75) is 57.1 Å². The van der Waals surface area contributed by atoms with Crippen molar-refractivity contribution in [3.8, 4) is 0 Å². The van der Waals surface area contributed by atoms with Crippen molar-refractivity contribution in [3.05, 3.63) is 11.1 Å². The number of rotatable bonds is 2. The molecule has 1 unspecified atom stereocenters. The molecule has 0 amide bonds. The van der Waals surface area contributed by atoms with Gasteiger partial charge in [-0.25, -0.2) is 0 Å². The van der Waals surface area contributed by atoms with Crippen molar-refractivity contribution in [1.82, 2.24) is 4.90 Å². The molecule has 15 heavy (non-hydrogen) atoms. The van der Waals surface area contributed by atoms with Crippen LogP contribution >= 0.6 is 0 Å². The van der Waals surface area contributed by atoms with Crippen LogP contribution in [-0.2, 0) is 0 Å². The quantitative estimate of drug-likeness (QED) is 0.701. The molecule has 2 heteroatoms. The van der Waals surface area contributed by atoms with E-state index >= 15 is 0 Å². The van der Waals surface area contributed by atoms with Crippen LogP contribution in [0.1, 0.15) is 45.4 Å². The van der Waals surface area contributed by atoms with Crippen LogP contribution in [0.4, 0.5) is 0 Å². The van der Waals surface area contributed by atoms with Gasteiger partial charge in [-0.05, 0) is 45.1 Å². The van der Waals surface area contributed by atoms with Crippen molar-refractivity contribution >= 4 is 0 Å². The molecule has 1 saturated carbocycles. The van der Waals surface area contributed by atoms with Crippen LogP contribution in [0.3, 0.4) is 0 Å². The molecule has 3 aliphatic rings. The van der Waals surface area contributed by atoms with Gasteiger partial charge in [0.05, 0.1) is 11.6 Å². The van der Waals surface area contributed by atoms with E-state index in [1.165, 1.54) is 32.2 Å². The molecule has 3 rings (SSSR count). The molecule has 2 heterocycles. The summed E-state index contributed by atoms with van der Waals surface area (Å²) < 4.78 is 0. The van der Waals surface area contributed by atoms with Crippen LogP contribution in [0.15, 0.2) is 11.1 Å². The van der Waals surface area contributed by atoms with Gasteiger partial charge >= 0.3 is 0 Å². The molecule has 84 valence electrons. The topological polar surface area (TPSA) is 23.5 Å². The van der Waals surface area contributed by atoms with Crippen LogP contribution in [0.5, 0.6) is 0 Å². The largest absolute Gasteiger partial charge is 0.391 e. The number of aliphatic hydroxyl groups excluding tert-OH is 1.